The molecule has 0 saturated carbocycles. The van der Waals surface area contributed by atoms with Gasteiger partial charge in [-0.3, -0.25) is 19.1 Å². The Morgan fingerprint density at radius 2 is 2.00 bits per heavy atom. The zero-order chi connectivity index (χ0) is 17.2. The number of amides is 2. The Bertz CT molecular complexity index is 777. The molecule has 9 heteroatoms. The van der Waals surface area contributed by atoms with Crippen LogP contribution in [0.1, 0.15) is 31.3 Å². The second-order valence-corrected chi connectivity index (χ2v) is 7.91. The summed E-state index contributed by atoms with van der Waals surface area (Å²) in [6, 6.07) is 1.40. The predicted octanol–water partition coefficient (Wildman–Crippen LogP) is 1.91. The van der Waals surface area contributed by atoms with Gasteiger partial charge >= 0.3 is 6.09 Å². The minimum atomic E-state index is -0.964. The molecule has 3 heterocycles. The van der Waals surface area contributed by atoms with Gasteiger partial charge in [0.1, 0.15) is 11.3 Å². The molecule has 1 fully saturated rings. The van der Waals surface area contributed by atoms with E-state index >= 15 is 0 Å². The van der Waals surface area contributed by atoms with E-state index in [9.17, 15) is 14.4 Å². The normalized spacial score (nSPS) is 18.5. The van der Waals surface area contributed by atoms with Crippen LogP contribution < -0.4 is 10.9 Å². The van der Waals surface area contributed by atoms with Gasteiger partial charge in [0.05, 0.1) is 22.6 Å². The number of pyridine rings is 1. The molecule has 2 amide bonds. The van der Waals surface area contributed by atoms with Crippen molar-refractivity contribution in [3.8, 4) is 0 Å². The number of fused-ring (bicyclic) bond motifs is 2. The number of nitrogens with one attached hydrogen (secondary N) is 1. The second-order valence-electron chi connectivity index (χ2n) is 6.65. The highest BCUT2D eigenvalue weighted by Gasteiger charge is 2.55. The van der Waals surface area contributed by atoms with Crippen molar-refractivity contribution in [2.24, 2.45) is 0 Å². The van der Waals surface area contributed by atoms with Crippen molar-refractivity contribution in [3.63, 3.8) is 0 Å². The number of carbonyl (C=O) groups is 2. The minimum absolute atomic E-state index is 0.115. The lowest BCUT2D eigenvalue weighted by Crippen LogP contribution is -2.70. The maximum Gasteiger partial charge on any atom is 0.410 e. The lowest BCUT2D eigenvalue weighted by atomic mass is 10.0. The number of nitrogens with zero attached hydrogens (tertiary/aromatic N) is 2. The van der Waals surface area contributed by atoms with Gasteiger partial charge in [0, 0.05) is 0 Å². The average molecular weight is 405 g/mol. The summed E-state index contributed by atoms with van der Waals surface area (Å²) < 4.78 is 6.87. The summed E-state index contributed by atoms with van der Waals surface area (Å²) in [7, 11) is 0. The van der Waals surface area contributed by atoms with Crippen LogP contribution in [0.5, 0.6) is 0 Å². The molecule has 1 aromatic rings. The average Bonchev–Trinajstić information content (AvgIpc) is 2.66. The molecule has 1 aromatic heterocycles. The lowest BCUT2D eigenvalue weighted by Gasteiger charge is -2.48. The van der Waals surface area contributed by atoms with E-state index in [2.05, 4.69) is 21.2 Å². The first-order chi connectivity index (χ1) is 10.5. The molecule has 0 bridgehead atoms. The van der Waals surface area contributed by atoms with E-state index in [1.165, 1.54) is 15.5 Å². The Morgan fingerprint density at radius 3 is 2.57 bits per heavy atom. The van der Waals surface area contributed by atoms with Gasteiger partial charge < -0.3 is 10.1 Å². The fraction of sp³-hybridized carbons (Fsp3) is 0.500. The summed E-state index contributed by atoms with van der Waals surface area (Å²) in [5.74, 6) is -0.427. The molecule has 0 aromatic carbocycles. The van der Waals surface area contributed by atoms with Crippen LogP contribution in [0.3, 0.4) is 0 Å². The molecule has 2 aliphatic rings. The topological polar surface area (TPSA) is 80.6 Å². The third-order valence-electron chi connectivity index (χ3n) is 3.66. The Hall–Kier alpha value is -1.54. The molecule has 0 radical (unpaired) electrons. The molecular weight excluding hydrogens is 390 g/mol. The van der Waals surface area contributed by atoms with Crippen molar-refractivity contribution >= 4 is 39.5 Å². The summed E-state index contributed by atoms with van der Waals surface area (Å²) in [5, 5.41) is 2.94. The Morgan fingerprint density at radius 1 is 1.39 bits per heavy atom. The van der Waals surface area contributed by atoms with Gasteiger partial charge in [0.15, 0.2) is 5.66 Å². The van der Waals surface area contributed by atoms with Gasteiger partial charge in [-0.2, -0.15) is 0 Å². The molecule has 0 unspecified atom stereocenters. The first-order valence-corrected chi connectivity index (χ1v) is 8.13. The van der Waals surface area contributed by atoms with Crippen LogP contribution in [0.15, 0.2) is 15.3 Å². The van der Waals surface area contributed by atoms with Crippen LogP contribution in [0, 0.1) is 0 Å². The molecular formula is C14H15BrClN3O4. The number of hydrogen-bond donors (Lipinski definition) is 1. The van der Waals surface area contributed by atoms with Crippen LogP contribution in [0.4, 0.5) is 4.79 Å². The van der Waals surface area contributed by atoms with Gasteiger partial charge in [-0.05, 0) is 42.8 Å². The maximum atomic E-state index is 12.4. The summed E-state index contributed by atoms with van der Waals surface area (Å²) in [5.41, 5.74) is -1.83. The Balaban J connectivity index is 1.91. The van der Waals surface area contributed by atoms with E-state index < -0.39 is 23.3 Å². The smallest absolute Gasteiger partial charge is 0.410 e. The molecule has 1 spiro atoms. The number of hydrogen-bond acceptors (Lipinski definition) is 4. The quantitative estimate of drug-likeness (QED) is 0.716. The van der Waals surface area contributed by atoms with E-state index in [4.69, 9.17) is 16.3 Å². The molecule has 23 heavy (non-hydrogen) atoms. The summed E-state index contributed by atoms with van der Waals surface area (Å²) >= 11 is 9.23. The van der Waals surface area contributed by atoms with E-state index in [0.717, 1.165) is 0 Å². The predicted molar refractivity (Wildman–Crippen MR) is 86.7 cm³/mol. The summed E-state index contributed by atoms with van der Waals surface area (Å²) in [6.07, 6.45) is -0.486. The Kier molecular flexibility index (Phi) is 3.53. The van der Waals surface area contributed by atoms with E-state index in [1.807, 2.05) is 0 Å². The van der Waals surface area contributed by atoms with Crippen LogP contribution in [0.25, 0.3) is 0 Å². The standard InChI is InChI=1S/C14H15BrClN3O4/c1-13(2,3)23-12(22)18-5-14(6-18)17-10(20)9-8(16)4-7(15)11(21)19(9)14/h4H,5-6H2,1-3H3,(H,17,20). The van der Waals surface area contributed by atoms with Crippen LogP contribution in [0.2, 0.25) is 5.02 Å². The Labute approximate surface area is 145 Å². The lowest BCUT2D eigenvalue weighted by molar-refractivity contribution is -0.0347. The van der Waals surface area contributed by atoms with E-state index in [-0.39, 0.29) is 33.8 Å². The second kappa shape index (κ2) is 4.98. The van der Waals surface area contributed by atoms with Crippen molar-refractivity contribution in [1.29, 1.82) is 0 Å². The fourth-order valence-electron chi connectivity index (χ4n) is 2.76. The number of rotatable bonds is 0. The summed E-state index contributed by atoms with van der Waals surface area (Å²) in [4.78, 5) is 38.1. The van der Waals surface area contributed by atoms with Gasteiger partial charge in [-0.25, -0.2) is 4.79 Å². The van der Waals surface area contributed by atoms with E-state index in [0.29, 0.717) is 0 Å². The zero-order valence-electron chi connectivity index (χ0n) is 12.8. The van der Waals surface area contributed by atoms with Crippen molar-refractivity contribution < 1.29 is 14.3 Å². The van der Waals surface area contributed by atoms with Crippen LogP contribution in [-0.2, 0) is 10.4 Å². The van der Waals surface area contributed by atoms with Crippen LogP contribution >= 0.6 is 27.5 Å². The van der Waals surface area contributed by atoms with Gasteiger partial charge in [-0.1, -0.05) is 11.6 Å². The number of likely N-dealkylation sites (tertiary alicyclic amines) is 1. The highest BCUT2D eigenvalue weighted by atomic mass is 79.9. The number of ether oxygens (including phenoxy) is 1. The third kappa shape index (κ3) is 2.53. The zero-order valence-corrected chi connectivity index (χ0v) is 15.1. The fourth-order valence-corrected chi connectivity index (χ4v) is 3.58. The molecule has 7 nitrogen and oxygen atoms in total. The molecule has 0 atom stereocenters. The number of halogens is 2. The molecule has 3 rings (SSSR count). The van der Waals surface area contributed by atoms with Crippen molar-refractivity contribution in [2.45, 2.75) is 32.0 Å². The summed E-state index contributed by atoms with van der Waals surface area (Å²) in [6.45, 7) is 5.61. The first kappa shape index (κ1) is 16.3. The first-order valence-electron chi connectivity index (χ1n) is 6.96. The molecule has 124 valence electrons. The van der Waals surface area contributed by atoms with E-state index in [1.54, 1.807) is 20.8 Å². The van der Waals surface area contributed by atoms with Crippen molar-refractivity contribution in [3.05, 3.63) is 31.6 Å². The highest BCUT2D eigenvalue weighted by molar-refractivity contribution is 9.10. The largest absolute Gasteiger partial charge is 0.444 e. The SMILES string of the molecule is CC(C)(C)OC(=O)N1CC2(C1)NC(=O)c1c(Cl)cc(Br)c(=O)n12. The minimum Gasteiger partial charge on any atom is -0.444 e. The van der Waals surface area contributed by atoms with Gasteiger partial charge in [0.2, 0.25) is 0 Å². The van der Waals surface area contributed by atoms with Gasteiger partial charge in [0.25, 0.3) is 11.5 Å². The molecule has 1 N–H and O–H groups in total. The van der Waals surface area contributed by atoms with Crippen molar-refractivity contribution in [2.75, 3.05) is 13.1 Å². The maximum absolute atomic E-state index is 12.4. The third-order valence-corrected chi connectivity index (χ3v) is 4.51. The number of aromatic nitrogens is 1. The van der Waals surface area contributed by atoms with Crippen LogP contribution in [-0.4, -0.2) is 40.2 Å². The highest BCUT2D eigenvalue weighted by Crippen LogP contribution is 2.35. The molecule has 1 saturated heterocycles. The number of carbonyl (C=O) groups excluding carboxylic acids is 2. The van der Waals surface area contributed by atoms with Gasteiger partial charge in [-0.15, -0.1) is 0 Å². The van der Waals surface area contributed by atoms with Crippen molar-refractivity contribution in [1.82, 2.24) is 14.8 Å². The monoisotopic (exact) mass is 403 g/mol. The molecule has 0 aliphatic carbocycles. The molecule has 2 aliphatic heterocycles.